The zero-order chi connectivity index (χ0) is 2.00. The van der Waals surface area contributed by atoms with Crippen molar-refractivity contribution in [1.82, 2.24) is 0 Å². The fourth-order valence-electron chi connectivity index (χ4n) is 0. The smallest absolute Gasteiger partial charge is 0.870 e. The molecule has 0 aromatic heterocycles. The SMILES string of the molecule is NO.[Na+].[OH-]. The molecule has 0 saturated heterocycles. The summed E-state index contributed by atoms with van der Waals surface area (Å²) in [5, 5.41) is 6.50. The molecular formula is H4NNaO2. The Morgan fingerprint density at radius 3 is 1.25 bits per heavy atom. The van der Waals surface area contributed by atoms with Crippen molar-refractivity contribution in [3.8, 4) is 0 Å². The summed E-state index contributed by atoms with van der Waals surface area (Å²) in [7, 11) is 0. The summed E-state index contributed by atoms with van der Waals surface area (Å²) in [6, 6.07) is 0. The molecule has 0 aliphatic carbocycles. The normalized spacial score (nSPS) is 1.50. The molecule has 0 rings (SSSR count). The molecule has 4 heavy (non-hydrogen) atoms. The summed E-state index contributed by atoms with van der Waals surface area (Å²) in [5.41, 5.74) is 0. The Balaban J connectivity index is -0.00000000500. The molecule has 0 aromatic carbocycles. The maximum atomic E-state index is 6.50. The standard InChI is InChI=1S/H3NO.Na.H2O/c1-2;;/h2H,1H2;;1H2/q;+1;/p-1. The van der Waals surface area contributed by atoms with E-state index < -0.39 is 0 Å². The van der Waals surface area contributed by atoms with E-state index in [2.05, 4.69) is 5.90 Å². The molecule has 0 heterocycles. The summed E-state index contributed by atoms with van der Waals surface area (Å²) in [6.45, 7) is 0. The average Bonchev–Trinajstić information content (AvgIpc) is 1.00. The Kier molecular flexibility index (Phi) is 216. The fourth-order valence-corrected chi connectivity index (χ4v) is 0. The van der Waals surface area contributed by atoms with Crippen molar-refractivity contribution in [2.45, 2.75) is 0 Å². The van der Waals surface area contributed by atoms with Crippen molar-refractivity contribution in [3.05, 3.63) is 0 Å². The fraction of sp³-hybridized carbons (Fsp3) is 0. The molecule has 0 fully saturated rings. The van der Waals surface area contributed by atoms with Crippen LogP contribution in [0.4, 0.5) is 0 Å². The van der Waals surface area contributed by atoms with Gasteiger partial charge in [0.2, 0.25) is 0 Å². The van der Waals surface area contributed by atoms with Gasteiger partial charge in [-0.3, -0.25) is 0 Å². The minimum atomic E-state index is 0. The molecule has 4 heteroatoms. The zero-order valence-corrected chi connectivity index (χ0v) is 4.47. The first kappa shape index (κ1) is 20.8. The Morgan fingerprint density at radius 1 is 1.25 bits per heavy atom. The van der Waals surface area contributed by atoms with Gasteiger partial charge in [-0.05, 0) is 0 Å². The van der Waals surface area contributed by atoms with Crippen LogP contribution in [0.3, 0.4) is 0 Å². The van der Waals surface area contributed by atoms with E-state index in [1.54, 1.807) is 0 Å². The van der Waals surface area contributed by atoms with E-state index in [-0.39, 0.29) is 35.0 Å². The van der Waals surface area contributed by atoms with E-state index in [9.17, 15) is 0 Å². The molecule has 22 valence electrons. The third kappa shape index (κ3) is 13.1. The Bertz CT molecular complexity index is 6.00. The summed E-state index contributed by atoms with van der Waals surface area (Å²) in [6.07, 6.45) is 0. The third-order valence-corrected chi connectivity index (χ3v) is 0. The molecule has 0 aromatic rings. The van der Waals surface area contributed by atoms with Crippen LogP contribution in [0.5, 0.6) is 0 Å². The van der Waals surface area contributed by atoms with E-state index in [0.29, 0.717) is 0 Å². The number of rotatable bonds is 0. The molecule has 0 atom stereocenters. The molecular weight excluding hydrogens is 69.0 g/mol. The number of nitrogens with two attached hydrogens (primary N) is 1. The molecule has 0 aliphatic heterocycles. The van der Waals surface area contributed by atoms with Crippen LogP contribution >= 0.6 is 0 Å². The van der Waals surface area contributed by atoms with Crippen LogP contribution in [0.2, 0.25) is 0 Å². The van der Waals surface area contributed by atoms with Crippen LogP contribution < -0.4 is 35.5 Å². The Hall–Kier alpha value is 0.880. The van der Waals surface area contributed by atoms with Gasteiger partial charge in [0, 0.05) is 0 Å². The van der Waals surface area contributed by atoms with E-state index in [0.717, 1.165) is 0 Å². The first-order valence-electron chi connectivity index (χ1n) is 0.258. The zero-order valence-electron chi connectivity index (χ0n) is 2.47. The largest absolute Gasteiger partial charge is 1.00 e. The predicted octanol–water partition coefficient (Wildman–Crippen LogP) is -3.84. The second-order valence-electron chi connectivity index (χ2n) is 0. The van der Waals surface area contributed by atoms with Gasteiger partial charge in [-0.15, -0.1) is 0 Å². The maximum absolute atomic E-state index is 6.50. The van der Waals surface area contributed by atoms with Gasteiger partial charge in [-0.2, -0.15) is 0 Å². The van der Waals surface area contributed by atoms with Gasteiger partial charge in [-0.25, -0.2) is 5.90 Å². The summed E-state index contributed by atoms with van der Waals surface area (Å²) in [5.74, 6) is 3.50. The molecule has 4 N–H and O–H groups in total. The van der Waals surface area contributed by atoms with E-state index >= 15 is 0 Å². The molecule has 0 bridgehead atoms. The minimum absolute atomic E-state index is 0. The number of hydrogen-bond donors (Lipinski definition) is 2. The van der Waals surface area contributed by atoms with Crippen LogP contribution in [0.15, 0.2) is 0 Å². The molecule has 0 radical (unpaired) electrons. The van der Waals surface area contributed by atoms with Crippen molar-refractivity contribution >= 4 is 0 Å². The van der Waals surface area contributed by atoms with E-state index in [4.69, 9.17) is 5.21 Å². The van der Waals surface area contributed by atoms with Crippen LogP contribution in [0, 0.1) is 0 Å². The molecule has 0 unspecified atom stereocenters. The van der Waals surface area contributed by atoms with Crippen molar-refractivity contribution in [3.63, 3.8) is 0 Å². The van der Waals surface area contributed by atoms with Gasteiger partial charge in [0.1, 0.15) is 0 Å². The molecule has 0 spiro atoms. The van der Waals surface area contributed by atoms with E-state index in [1.165, 1.54) is 0 Å². The second-order valence-corrected chi connectivity index (χ2v) is 0. The Labute approximate surface area is 46.4 Å². The van der Waals surface area contributed by atoms with Gasteiger partial charge >= 0.3 is 29.6 Å². The first-order chi connectivity index (χ1) is 1.00. The summed E-state index contributed by atoms with van der Waals surface area (Å²) >= 11 is 0. The second kappa shape index (κ2) is 41.6. The van der Waals surface area contributed by atoms with Crippen molar-refractivity contribution in [1.29, 1.82) is 0 Å². The van der Waals surface area contributed by atoms with Crippen molar-refractivity contribution < 1.29 is 40.2 Å². The summed E-state index contributed by atoms with van der Waals surface area (Å²) < 4.78 is 0. The van der Waals surface area contributed by atoms with Gasteiger partial charge in [0.05, 0.1) is 0 Å². The average molecular weight is 73.0 g/mol. The first-order valence-corrected chi connectivity index (χ1v) is 0.258. The van der Waals surface area contributed by atoms with Gasteiger partial charge in [-0.1, -0.05) is 0 Å². The van der Waals surface area contributed by atoms with Crippen LogP contribution in [-0.2, 0) is 0 Å². The van der Waals surface area contributed by atoms with Crippen molar-refractivity contribution in [2.75, 3.05) is 0 Å². The van der Waals surface area contributed by atoms with Crippen LogP contribution in [-0.4, -0.2) is 10.7 Å². The molecule has 0 saturated carbocycles. The van der Waals surface area contributed by atoms with Gasteiger partial charge in [0.15, 0.2) is 0 Å². The molecule has 0 amide bonds. The summed E-state index contributed by atoms with van der Waals surface area (Å²) in [4.78, 5) is 0. The van der Waals surface area contributed by atoms with Crippen molar-refractivity contribution in [2.24, 2.45) is 5.90 Å². The van der Waals surface area contributed by atoms with E-state index in [1.807, 2.05) is 0 Å². The van der Waals surface area contributed by atoms with Crippen LogP contribution in [0.25, 0.3) is 0 Å². The minimum Gasteiger partial charge on any atom is -0.870 e. The molecule has 3 nitrogen and oxygen atoms in total. The monoisotopic (exact) mass is 73.0 g/mol. The molecule has 0 aliphatic rings. The van der Waals surface area contributed by atoms with Crippen LogP contribution in [0.1, 0.15) is 0 Å². The quantitative estimate of drug-likeness (QED) is 0.228. The third-order valence-electron chi connectivity index (χ3n) is 0. The Morgan fingerprint density at radius 2 is 1.25 bits per heavy atom. The van der Waals surface area contributed by atoms with Gasteiger partial charge < -0.3 is 10.7 Å². The predicted molar refractivity (Wildman–Crippen MR) is 7.91 cm³/mol. The van der Waals surface area contributed by atoms with Gasteiger partial charge in [0.25, 0.3) is 0 Å². The maximum Gasteiger partial charge on any atom is 1.00 e. The topological polar surface area (TPSA) is 76.2 Å². The number of hydrogen-bond acceptors (Lipinski definition) is 3.